The number of alkyl carbamates (subject to hydrolysis) is 1. The molecular formula is C38H62N4O9. The van der Waals surface area contributed by atoms with Gasteiger partial charge in [-0.05, 0) is 101 Å². The number of carbonyl (C=O) groups excluding carboxylic acids is 2. The maximum absolute atomic E-state index is 11.9. The molecule has 0 spiro atoms. The molecule has 13 nitrogen and oxygen atoms in total. The third-order valence-electron chi connectivity index (χ3n) is 7.13. The zero-order valence-electron chi connectivity index (χ0n) is 31.0. The summed E-state index contributed by atoms with van der Waals surface area (Å²) in [5.74, 6) is 1.62. The molecule has 3 amide bonds. The van der Waals surface area contributed by atoms with Crippen molar-refractivity contribution >= 4 is 12.1 Å². The van der Waals surface area contributed by atoms with E-state index in [0.29, 0.717) is 85.7 Å². The van der Waals surface area contributed by atoms with Crippen LogP contribution in [0.15, 0.2) is 48.5 Å². The summed E-state index contributed by atoms with van der Waals surface area (Å²) in [4.78, 5) is 23.6. The van der Waals surface area contributed by atoms with Gasteiger partial charge in [-0.3, -0.25) is 0 Å². The molecule has 0 fully saturated rings. The van der Waals surface area contributed by atoms with Crippen molar-refractivity contribution in [2.45, 2.75) is 64.9 Å². The summed E-state index contributed by atoms with van der Waals surface area (Å²) in [6, 6.07) is 15.9. The Labute approximate surface area is 304 Å². The van der Waals surface area contributed by atoms with Crippen molar-refractivity contribution in [2.75, 3.05) is 92.2 Å². The van der Waals surface area contributed by atoms with E-state index in [1.165, 1.54) is 11.1 Å². The number of aryl methyl sites for hydroxylation is 2. The number of carbonyl (C=O) groups is 2. The Morgan fingerprint density at radius 2 is 0.980 bits per heavy atom. The molecule has 0 radical (unpaired) electrons. The van der Waals surface area contributed by atoms with Gasteiger partial charge in [0.15, 0.2) is 0 Å². The van der Waals surface area contributed by atoms with E-state index in [9.17, 15) is 9.59 Å². The lowest BCUT2D eigenvalue weighted by molar-refractivity contribution is 0.0368. The van der Waals surface area contributed by atoms with Gasteiger partial charge in [-0.25, -0.2) is 9.59 Å². The Morgan fingerprint density at radius 1 is 0.549 bits per heavy atom. The van der Waals surface area contributed by atoms with E-state index >= 15 is 0 Å². The van der Waals surface area contributed by atoms with Gasteiger partial charge in [-0.15, -0.1) is 0 Å². The van der Waals surface area contributed by atoms with Gasteiger partial charge in [0.25, 0.3) is 0 Å². The highest BCUT2D eigenvalue weighted by Gasteiger charge is 2.15. The zero-order chi connectivity index (χ0) is 36.8. The molecular weight excluding hydrogens is 656 g/mol. The molecule has 2 rings (SSSR count). The molecule has 0 bridgehead atoms. The molecule has 13 heteroatoms. The summed E-state index contributed by atoms with van der Waals surface area (Å²) in [5, 5.41) is 8.27. The van der Waals surface area contributed by atoms with Crippen molar-refractivity contribution in [3.63, 3.8) is 0 Å². The van der Waals surface area contributed by atoms with Crippen LogP contribution in [0.1, 0.15) is 57.6 Å². The second-order valence-corrected chi connectivity index (χ2v) is 12.7. The first kappa shape index (κ1) is 43.5. The molecule has 0 aliphatic carbocycles. The van der Waals surface area contributed by atoms with E-state index in [-0.39, 0.29) is 12.1 Å². The van der Waals surface area contributed by atoms with Crippen molar-refractivity contribution in [3.05, 3.63) is 59.7 Å². The quantitative estimate of drug-likeness (QED) is 0.0873. The summed E-state index contributed by atoms with van der Waals surface area (Å²) in [6.45, 7) is 12.0. The van der Waals surface area contributed by atoms with Crippen molar-refractivity contribution in [1.82, 2.24) is 16.0 Å². The Kier molecular flexibility index (Phi) is 23.9. The number of unbranched alkanes of at least 4 members (excludes halogenated alkanes) is 2. The standard InChI is InChI=1S/C38H62N4O9/c1-38(2,3)51-37(44)42-19-7-5-9-33-12-16-35(17-13-33)50-31-29-48-27-25-46-23-21-41-36(43)40-20-22-45-24-26-47-28-30-49-34-14-10-32(11-15-34)8-4-6-18-39/h10-17H,4-9,18-31,39H2,1-3H3,(H,42,44)(H2,40,41,43). The van der Waals surface area contributed by atoms with Crippen LogP contribution in [0.5, 0.6) is 11.5 Å². The molecule has 0 saturated carbocycles. The third kappa shape index (κ3) is 25.1. The van der Waals surface area contributed by atoms with E-state index < -0.39 is 5.60 Å². The monoisotopic (exact) mass is 718 g/mol. The Morgan fingerprint density at radius 3 is 1.43 bits per heavy atom. The number of urea groups is 1. The van der Waals surface area contributed by atoms with Gasteiger partial charge in [0.2, 0.25) is 0 Å². The molecule has 0 aliphatic rings. The summed E-state index contributed by atoms with van der Waals surface area (Å²) in [6.07, 6.45) is 5.57. The van der Waals surface area contributed by atoms with Gasteiger partial charge in [0.05, 0.1) is 52.9 Å². The predicted molar refractivity (Wildman–Crippen MR) is 198 cm³/mol. The van der Waals surface area contributed by atoms with Gasteiger partial charge >= 0.3 is 12.1 Å². The van der Waals surface area contributed by atoms with E-state index in [4.69, 9.17) is 38.9 Å². The normalized spacial score (nSPS) is 11.2. The van der Waals surface area contributed by atoms with E-state index in [2.05, 4.69) is 40.2 Å². The smallest absolute Gasteiger partial charge is 0.407 e. The van der Waals surface area contributed by atoms with Gasteiger partial charge in [0, 0.05) is 19.6 Å². The molecule has 0 saturated heterocycles. The SMILES string of the molecule is CC(C)(C)OC(=O)NCCCCc1ccc(OCCOCCOCCNC(=O)NCCOCCOCCOc2ccc(CCCCN)cc2)cc1. The number of nitrogens with two attached hydrogens (primary N) is 1. The molecule has 288 valence electrons. The molecule has 5 N–H and O–H groups in total. The number of ether oxygens (including phenoxy) is 7. The maximum atomic E-state index is 11.9. The fourth-order valence-electron chi connectivity index (χ4n) is 4.55. The molecule has 0 heterocycles. The summed E-state index contributed by atoms with van der Waals surface area (Å²) >= 11 is 0. The maximum Gasteiger partial charge on any atom is 0.407 e. The van der Waals surface area contributed by atoms with Crippen LogP contribution >= 0.6 is 0 Å². The largest absolute Gasteiger partial charge is 0.491 e. The predicted octanol–water partition coefficient (Wildman–Crippen LogP) is 4.64. The molecule has 2 aromatic rings. The second kappa shape index (κ2) is 28.0. The highest BCUT2D eigenvalue weighted by molar-refractivity contribution is 5.73. The third-order valence-corrected chi connectivity index (χ3v) is 7.13. The molecule has 0 aromatic heterocycles. The van der Waals surface area contributed by atoms with Crippen molar-refractivity contribution < 1.29 is 42.7 Å². The van der Waals surface area contributed by atoms with Crippen molar-refractivity contribution in [1.29, 1.82) is 0 Å². The van der Waals surface area contributed by atoms with E-state index in [0.717, 1.165) is 56.6 Å². The van der Waals surface area contributed by atoms with Crippen LogP contribution in [-0.2, 0) is 36.5 Å². The Balaban J connectivity index is 1.30. The molecule has 0 aliphatic heterocycles. The van der Waals surface area contributed by atoms with Crippen LogP contribution in [0.25, 0.3) is 0 Å². The lowest BCUT2D eigenvalue weighted by Crippen LogP contribution is -2.39. The van der Waals surface area contributed by atoms with Gasteiger partial charge in [0.1, 0.15) is 30.3 Å². The first-order valence-electron chi connectivity index (χ1n) is 18.2. The van der Waals surface area contributed by atoms with Crippen molar-refractivity contribution in [2.24, 2.45) is 5.73 Å². The minimum Gasteiger partial charge on any atom is -0.491 e. The van der Waals surface area contributed by atoms with Gasteiger partial charge in [-0.2, -0.15) is 0 Å². The highest BCUT2D eigenvalue weighted by Crippen LogP contribution is 2.15. The molecule has 51 heavy (non-hydrogen) atoms. The average Bonchev–Trinajstić information content (AvgIpc) is 3.10. The Hall–Kier alpha value is -3.62. The number of hydrogen-bond acceptors (Lipinski definition) is 10. The lowest BCUT2D eigenvalue weighted by atomic mass is 10.1. The van der Waals surface area contributed by atoms with Crippen LogP contribution in [0.2, 0.25) is 0 Å². The number of amides is 3. The first-order valence-corrected chi connectivity index (χ1v) is 18.2. The van der Waals surface area contributed by atoms with E-state index in [1.54, 1.807) is 0 Å². The fourth-order valence-corrected chi connectivity index (χ4v) is 4.55. The minimum atomic E-state index is -0.484. The van der Waals surface area contributed by atoms with Crippen LogP contribution in [-0.4, -0.2) is 110 Å². The van der Waals surface area contributed by atoms with Crippen LogP contribution in [0.4, 0.5) is 9.59 Å². The minimum absolute atomic E-state index is 0.270. The number of hydrogen-bond donors (Lipinski definition) is 4. The number of benzene rings is 2. The second-order valence-electron chi connectivity index (χ2n) is 12.7. The summed E-state index contributed by atoms with van der Waals surface area (Å²) in [5.41, 5.74) is 7.57. The lowest BCUT2D eigenvalue weighted by Gasteiger charge is -2.19. The van der Waals surface area contributed by atoms with Gasteiger partial charge < -0.3 is 54.8 Å². The summed E-state index contributed by atoms with van der Waals surface area (Å²) in [7, 11) is 0. The topological polar surface area (TPSA) is 161 Å². The van der Waals surface area contributed by atoms with Crippen LogP contribution in [0.3, 0.4) is 0 Å². The van der Waals surface area contributed by atoms with Gasteiger partial charge in [-0.1, -0.05) is 24.3 Å². The highest BCUT2D eigenvalue weighted by atomic mass is 16.6. The average molecular weight is 719 g/mol. The van der Waals surface area contributed by atoms with E-state index in [1.807, 2.05) is 45.0 Å². The number of rotatable bonds is 29. The fraction of sp³-hybridized carbons (Fsp3) is 0.632. The zero-order valence-corrected chi connectivity index (χ0v) is 31.0. The van der Waals surface area contributed by atoms with Crippen LogP contribution < -0.4 is 31.2 Å². The first-order chi connectivity index (χ1) is 24.7. The number of nitrogens with one attached hydrogen (secondary N) is 3. The molecule has 2 aromatic carbocycles. The Bertz CT molecular complexity index is 1160. The molecule has 0 unspecified atom stereocenters. The molecule has 0 atom stereocenters. The van der Waals surface area contributed by atoms with Crippen molar-refractivity contribution in [3.8, 4) is 11.5 Å². The summed E-state index contributed by atoms with van der Waals surface area (Å²) < 4.78 is 38.7. The van der Waals surface area contributed by atoms with Crippen LogP contribution in [0, 0.1) is 0 Å².